The van der Waals surface area contributed by atoms with Gasteiger partial charge in [0.05, 0.1) is 6.04 Å². The van der Waals surface area contributed by atoms with Crippen LogP contribution in [0.2, 0.25) is 0 Å². The molecule has 2 atom stereocenters. The smallest absolute Gasteiger partial charge is 0.321 e. The molecule has 0 aliphatic carbocycles. The number of hydrogen-bond acceptors (Lipinski definition) is 4. The Kier molecular flexibility index (Phi) is 5.08. The van der Waals surface area contributed by atoms with Crippen LogP contribution in [0, 0.1) is 0 Å². The summed E-state index contributed by atoms with van der Waals surface area (Å²) in [6.07, 6.45) is 1.28. The average molecular weight is 257 g/mol. The molecule has 0 aromatic rings. The Labute approximate surface area is 106 Å². The zero-order valence-corrected chi connectivity index (χ0v) is 10.6. The van der Waals surface area contributed by atoms with Crippen molar-refractivity contribution >= 4 is 17.9 Å². The lowest BCUT2D eigenvalue weighted by molar-refractivity contribution is -0.143. The molecule has 1 aliphatic rings. The zero-order chi connectivity index (χ0) is 13.7. The first-order valence-corrected chi connectivity index (χ1v) is 6.04. The minimum Gasteiger partial charge on any atom is -0.480 e. The second-order valence-electron chi connectivity index (χ2n) is 4.26. The van der Waals surface area contributed by atoms with E-state index < -0.39 is 30.0 Å². The third-order valence-corrected chi connectivity index (χ3v) is 3.03. The van der Waals surface area contributed by atoms with Crippen molar-refractivity contribution in [2.24, 2.45) is 0 Å². The molecule has 1 saturated heterocycles. The molecule has 1 aliphatic heterocycles. The minimum absolute atomic E-state index is 0.426. The van der Waals surface area contributed by atoms with Gasteiger partial charge in [-0.3, -0.25) is 19.8 Å². The molecule has 0 aromatic heterocycles. The van der Waals surface area contributed by atoms with E-state index in [1.807, 2.05) is 0 Å². The van der Waals surface area contributed by atoms with Crippen LogP contribution in [0.5, 0.6) is 0 Å². The molecule has 0 spiro atoms. The Hall–Kier alpha value is -1.63. The first kappa shape index (κ1) is 14.4. The molecule has 1 fully saturated rings. The number of nitrogens with one attached hydrogen (secondary N) is 2. The average Bonchev–Trinajstić information content (AvgIpc) is 2.76. The van der Waals surface area contributed by atoms with Gasteiger partial charge in [-0.2, -0.15) is 0 Å². The maximum absolute atomic E-state index is 11.8. The van der Waals surface area contributed by atoms with E-state index in [0.29, 0.717) is 19.5 Å². The molecule has 3 amide bonds. The summed E-state index contributed by atoms with van der Waals surface area (Å²) in [5.74, 6) is -1.40. The normalized spacial score (nSPS) is 21.3. The standard InChI is InChI=1S/C11H19N3O4/c1-3-12-11(18)13-9(15)7(2)14-6-4-5-8(14)10(16)17/h7-8H,3-6H2,1-2H3,(H,16,17)(H2,12,13,15,18)/t7?,8-/m0/s1. The molecule has 0 radical (unpaired) electrons. The summed E-state index contributed by atoms with van der Waals surface area (Å²) >= 11 is 0. The summed E-state index contributed by atoms with van der Waals surface area (Å²) in [5.41, 5.74) is 0. The van der Waals surface area contributed by atoms with E-state index in [9.17, 15) is 14.4 Å². The quantitative estimate of drug-likeness (QED) is 0.646. The molecule has 1 rings (SSSR count). The van der Waals surface area contributed by atoms with Gasteiger partial charge < -0.3 is 10.4 Å². The minimum atomic E-state index is -0.926. The van der Waals surface area contributed by atoms with Gasteiger partial charge in [-0.05, 0) is 33.2 Å². The lowest BCUT2D eigenvalue weighted by Gasteiger charge is -2.26. The topological polar surface area (TPSA) is 98.7 Å². The number of urea groups is 1. The molecule has 3 N–H and O–H groups in total. The first-order chi connectivity index (χ1) is 8.47. The number of aliphatic carboxylic acids is 1. The maximum Gasteiger partial charge on any atom is 0.321 e. The molecule has 18 heavy (non-hydrogen) atoms. The summed E-state index contributed by atoms with van der Waals surface area (Å²) in [4.78, 5) is 35.6. The van der Waals surface area contributed by atoms with Gasteiger partial charge in [-0.1, -0.05) is 0 Å². The molecular formula is C11H19N3O4. The lowest BCUT2D eigenvalue weighted by atomic mass is 10.2. The van der Waals surface area contributed by atoms with Gasteiger partial charge in [0.1, 0.15) is 6.04 Å². The van der Waals surface area contributed by atoms with Crippen LogP contribution >= 0.6 is 0 Å². The van der Waals surface area contributed by atoms with Crippen LogP contribution in [0.15, 0.2) is 0 Å². The fraction of sp³-hybridized carbons (Fsp3) is 0.727. The summed E-state index contributed by atoms with van der Waals surface area (Å²) in [7, 11) is 0. The molecule has 102 valence electrons. The predicted octanol–water partition coefficient (Wildman–Crippen LogP) is -0.230. The van der Waals surface area contributed by atoms with Gasteiger partial charge >= 0.3 is 12.0 Å². The number of rotatable bonds is 4. The van der Waals surface area contributed by atoms with Crippen molar-refractivity contribution in [3.05, 3.63) is 0 Å². The van der Waals surface area contributed by atoms with Gasteiger partial charge in [-0.25, -0.2) is 4.79 Å². The zero-order valence-electron chi connectivity index (χ0n) is 10.6. The van der Waals surface area contributed by atoms with Crippen molar-refractivity contribution < 1.29 is 19.5 Å². The number of likely N-dealkylation sites (tertiary alicyclic amines) is 1. The number of nitrogens with zero attached hydrogens (tertiary/aromatic N) is 1. The third kappa shape index (κ3) is 3.43. The van der Waals surface area contributed by atoms with Crippen LogP contribution in [-0.4, -0.2) is 53.1 Å². The predicted molar refractivity (Wildman–Crippen MR) is 64.0 cm³/mol. The Morgan fingerprint density at radius 1 is 1.44 bits per heavy atom. The van der Waals surface area contributed by atoms with E-state index >= 15 is 0 Å². The van der Waals surface area contributed by atoms with Gasteiger partial charge in [0.2, 0.25) is 5.91 Å². The fourth-order valence-electron chi connectivity index (χ4n) is 2.09. The van der Waals surface area contributed by atoms with E-state index in [4.69, 9.17) is 5.11 Å². The molecule has 7 nitrogen and oxygen atoms in total. The number of carbonyl (C=O) groups excluding carboxylic acids is 2. The third-order valence-electron chi connectivity index (χ3n) is 3.03. The van der Waals surface area contributed by atoms with Gasteiger partial charge in [0, 0.05) is 6.54 Å². The van der Waals surface area contributed by atoms with E-state index in [-0.39, 0.29) is 0 Å². The summed E-state index contributed by atoms with van der Waals surface area (Å²) in [6, 6.07) is -1.82. The van der Waals surface area contributed by atoms with Crippen molar-refractivity contribution in [1.29, 1.82) is 0 Å². The summed E-state index contributed by atoms with van der Waals surface area (Å²) < 4.78 is 0. The van der Waals surface area contributed by atoms with Crippen molar-refractivity contribution in [3.63, 3.8) is 0 Å². The van der Waals surface area contributed by atoms with E-state index in [1.54, 1.807) is 18.7 Å². The number of carbonyl (C=O) groups is 3. The highest BCUT2D eigenvalue weighted by molar-refractivity contribution is 5.97. The maximum atomic E-state index is 11.8. The van der Waals surface area contributed by atoms with Crippen molar-refractivity contribution in [2.45, 2.75) is 38.8 Å². The molecule has 0 aromatic carbocycles. The summed E-state index contributed by atoms with van der Waals surface area (Å²) in [5, 5.41) is 13.7. The summed E-state index contributed by atoms with van der Waals surface area (Å²) in [6.45, 7) is 4.33. The Morgan fingerprint density at radius 2 is 2.11 bits per heavy atom. The second kappa shape index (κ2) is 6.34. The Balaban J connectivity index is 2.57. The Bertz CT molecular complexity index is 345. The molecule has 0 saturated carbocycles. The van der Waals surface area contributed by atoms with Crippen molar-refractivity contribution in [1.82, 2.24) is 15.5 Å². The lowest BCUT2D eigenvalue weighted by Crippen LogP contribution is -2.52. The monoisotopic (exact) mass is 257 g/mol. The van der Waals surface area contributed by atoms with Crippen LogP contribution in [0.4, 0.5) is 4.79 Å². The number of carboxylic acids is 1. The number of amides is 3. The van der Waals surface area contributed by atoms with Crippen LogP contribution in [0.25, 0.3) is 0 Å². The van der Waals surface area contributed by atoms with E-state index in [1.165, 1.54) is 0 Å². The molecular weight excluding hydrogens is 238 g/mol. The van der Waals surface area contributed by atoms with Crippen LogP contribution < -0.4 is 10.6 Å². The van der Waals surface area contributed by atoms with Crippen LogP contribution in [0.1, 0.15) is 26.7 Å². The van der Waals surface area contributed by atoms with E-state index in [0.717, 1.165) is 6.42 Å². The number of imide groups is 1. The molecule has 1 unspecified atom stereocenters. The van der Waals surface area contributed by atoms with Gasteiger partial charge in [0.15, 0.2) is 0 Å². The highest BCUT2D eigenvalue weighted by atomic mass is 16.4. The van der Waals surface area contributed by atoms with Crippen LogP contribution in [-0.2, 0) is 9.59 Å². The number of carboxylic acid groups (broad SMARTS) is 1. The molecule has 0 bridgehead atoms. The SMILES string of the molecule is CCNC(=O)NC(=O)C(C)N1CCC[C@H]1C(=O)O. The molecule has 1 heterocycles. The van der Waals surface area contributed by atoms with E-state index in [2.05, 4.69) is 10.6 Å². The first-order valence-electron chi connectivity index (χ1n) is 6.04. The largest absolute Gasteiger partial charge is 0.480 e. The van der Waals surface area contributed by atoms with Crippen LogP contribution in [0.3, 0.4) is 0 Å². The second-order valence-corrected chi connectivity index (χ2v) is 4.26. The fourth-order valence-corrected chi connectivity index (χ4v) is 2.09. The number of hydrogen-bond donors (Lipinski definition) is 3. The van der Waals surface area contributed by atoms with Crippen molar-refractivity contribution in [2.75, 3.05) is 13.1 Å². The van der Waals surface area contributed by atoms with Gasteiger partial charge in [0.25, 0.3) is 0 Å². The highest BCUT2D eigenvalue weighted by Crippen LogP contribution is 2.20. The van der Waals surface area contributed by atoms with Crippen molar-refractivity contribution in [3.8, 4) is 0 Å². The Morgan fingerprint density at radius 3 is 2.67 bits per heavy atom. The van der Waals surface area contributed by atoms with Gasteiger partial charge in [-0.15, -0.1) is 0 Å². The molecule has 7 heteroatoms. The highest BCUT2D eigenvalue weighted by Gasteiger charge is 2.36.